The maximum Gasteiger partial charge on any atom is 0.0566 e. The van der Waals surface area contributed by atoms with E-state index in [9.17, 15) is 0 Å². The Bertz CT molecular complexity index is 356. The highest BCUT2D eigenvalue weighted by Gasteiger charge is 2.19. The summed E-state index contributed by atoms with van der Waals surface area (Å²) in [6, 6.07) is 2.69. The number of nitrogens with zero attached hydrogens (tertiary/aromatic N) is 3. The third-order valence-electron chi connectivity index (χ3n) is 3.07. The van der Waals surface area contributed by atoms with Crippen molar-refractivity contribution in [3.05, 3.63) is 22.9 Å². The number of pyridine rings is 1. The molecule has 0 radical (unpaired) electrons. The molecule has 0 bridgehead atoms. The first kappa shape index (κ1) is 11.9. The van der Waals surface area contributed by atoms with E-state index in [2.05, 4.69) is 50.8 Å². The molecular weight excluding hydrogens is 266 g/mol. The van der Waals surface area contributed by atoms with E-state index in [-0.39, 0.29) is 0 Å². The zero-order valence-corrected chi connectivity index (χ0v) is 11.4. The lowest BCUT2D eigenvalue weighted by Gasteiger charge is -2.29. The van der Waals surface area contributed by atoms with Crippen LogP contribution in [0.1, 0.15) is 13.3 Å². The Morgan fingerprint density at radius 2 is 2.19 bits per heavy atom. The Balaban J connectivity index is 2.19. The lowest BCUT2D eigenvalue weighted by molar-refractivity contribution is 0.337. The second kappa shape index (κ2) is 5.15. The van der Waals surface area contributed by atoms with Crippen molar-refractivity contribution in [2.24, 2.45) is 0 Å². The molecule has 0 amide bonds. The van der Waals surface area contributed by atoms with E-state index >= 15 is 0 Å². The van der Waals surface area contributed by atoms with Gasteiger partial charge in [-0.25, -0.2) is 0 Å². The van der Waals surface area contributed by atoms with Crippen molar-refractivity contribution in [2.45, 2.75) is 19.4 Å². The minimum absolute atomic E-state index is 0.545. The van der Waals surface area contributed by atoms with Crippen LogP contribution in [0.4, 0.5) is 5.69 Å². The molecule has 1 atom stereocenters. The molecule has 2 rings (SSSR count). The highest BCUT2D eigenvalue weighted by atomic mass is 79.9. The molecule has 1 unspecified atom stereocenters. The lowest BCUT2D eigenvalue weighted by Crippen LogP contribution is -2.37. The summed E-state index contributed by atoms with van der Waals surface area (Å²) in [7, 11) is 2.19. The molecule has 0 N–H and O–H groups in total. The van der Waals surface area contributed by atoms with Crippen LogP contribution in [0.15, 0.2) is 22.9 Å². The molecule has 1 aliphatic heterocycles. The van der Waals surface area contributed by atoms with E-state index in [0.29, 0.717) is 6.04 Å². The highest BCUT2D eigenvalue weighted by Crippen LogP contribution is 2.22. The van der Waals surface area contributed by atoms with Gasteiger partial charge in [-0.15, -0.1) is 0 Å². The maximum absolute atomic E-state index is 4.24. The van der Waals surface area contributed by atoms with Gasteiger partial charge in [0.1, 0.15) is 0 Å². The van der Waals surface area contributed by atoms with Crippen LogP contribution in [0.3, 0.4) is 0 Å². The molecule has 1 fully saturated rings. The zero-order valence-electron chi connectivity index (χ0n) is 9.86. The summed E-state index contributed by atoms with van der Waals surface area (Å²) < 4.78 is 1.05. The molecule has 0 aromatic carbocycles. The molecule has 1 saturated heterocycles. The smallest absolute Gasteiger partial charge is 0.0566 e. The number of hydrogen-bond donors (Lipinski definition) is 0. The molecule has 0 saturated carbocycles. The van der Waals surface area contributed by atoms with Gasteiger partial charge in [0.2, 0.25) is 0 Å². The molecule has 3 nitrogen and oxygen atoms in total. The Labute approximate surface area is 106 Å². The second-order valence-electron chi connectivity index (χ2n) is 4.52. The Kier molecular flexibility index (Phi) is 3.82. The standard InChI is InChI=1S/C12H18BrN3/c1-10-9-15(2)4-3-5-16(10)12-6-11(13)7-14-8-12/h6-8,10H,3-5,9H2,1-2H3. The molecule has 4 heteroatoms. The van der Waals surface area contributed by atoms with Crippen molar-refractivity contribution in [3.63, 3.8) is 0 Å². The van der Waals surface area contributed by atoms with Gasteiger partial charge < -0.3 is 9.80 Å². The van der Waals surface area contributed by atoms with Gasteiger partial charge in [0.25, 0.3) is 0 Å². The predicted octanol–water partition coefficient (Wildman–Crippen LogP) is 2.37. The van der Waals surface area contributed by atoms with Gasteiger partial charge in [-0.3, -0.25) is 4.98 Å². The molecule has 16 heavy (non-hydrogen) atoms. The van der Waals surface area contributed by atoms with Crippen molar-refractivity contribution in [1.29, 1.82) is 0 Å². The van der Waals surface area contributed by atoms with Crippen molar-refractivity contribution in [1.82, 2.24) is 9.88 Å². The first-order valence-electron chi connectivity index (χ1n) is 5.72. The fourth-order valence-electron chi connectivity index (χ4n) is 2.31. The lowest BCUT2D eigenvalue weighted by atomic mass is 10.2. The molecule has 0 spiro atoms. The Morgan fingerprint density at radius 1 is 1.38 bits per heavy atom. The van der Waals surface area contributed by atoms with Crippen LogP contribution in [0.2, 0.25) is 0 Å². The van der Waals surface area contributed by atoms with E-state index in [1.54, 1.807) is 0 Å². The fourth-order valence-corrected chi connectivity index (χ4v) is 2.67. The van der Waals surface area contributed by atoms with Crippen LogP contribution < -0.4 is 4.90 Å². The van der Waals surface area contributed by atoms with E-state index in [4.69, 9.17) is 0 Å². The van der Waals surface area contributed by atoms with Crippen LogP contribution >= 0.6 is 15.9 Å². The van der Waals surface area contributed by atoms with Gasteiger partial charge in [0.05, 0.1) is 11.9 Å². The van der Waals surface area contributed by atoms with Crippen LogP contribution in [-0.2, 0) is 0 Å². The van der Waals surface area contributed by atoms with Gasteiger partial charge in [0.15, 0.2) is 0 Å². The number of likely N-dealkylation sites (N-methyl/N-ethyl adjacent to an activating group) is 1. The predicted molar refractivity (Wildman–Crippen MR) is 70.9 cm³/mol. The molecule has 88 valence electrons. The summed E-state index contributed by atoms with van der Waals surface area (Å²) in [6.07, 6.45) is 5.00. The highest BCUT2D eigenvalue weighted by molar-refractivity contribution is 9.10. The first-order valence-corrected chi connectivity index (χ1v) is 6.52. The normalized spacial score (nSPS) is 23.2. The summed E-state index contributed by atoms with van der Waals surface area (Å²) >= 11 is 3.48. The number of halogens is 1. The molecule has 2 heterocycles. The summed E-state index contributed by atoms with van der Waals surface area (Å²) in [5, 5.41) is 0. The fraction of sp³-hybridized carbons (Fsp3) is 0.583. The van der Waals surface area contributed by atoms with Crippen LogP contribution in [0.5, 0.6) is 0 Å². The van der Waals surface area contributed by atoms with E-state index in [0.717, 1.165) is 17.6 Å². The number of aromatic nitrogens is 1. The monoisotopic (exact) mass is 283 g/mol. The molecule has 1 aromatic rings. The SMILES string of the molecule is CC1CN(C)CCCN1c1cncc(Br)c1. The average Bonchev–Trinajstić information content (AvgIpc) is 2.39. The Hall–Kier alpha value is -0.610. The number of hydrogen-bond acceptors (Lipinski definition) is 3. The summed E-state index contributed by atoms with van der Waals surface area (Å²) in [5.41, 5.74) is 1.22. The quantitative estimate of drug-likeness (QED) is 0.789. The number of rotatable bonds is 1. The van der Waals surface area contributed by atoms with E-state index < -0.39 is 0 Å². The van der Waals surface area contributed by atoms with Gasteiger partial charge in [-0.2, -0.15) is 0 Å². The van der Waals surface area contributed by atoms with Crippen LogP contribution in [-0.4, -0.2) is 42.6 Å². The molecular formula is C12H18BrN3. The second-order valence-corrected chi connectivity index (χ2v) is 5.44. The van der Waals surface area contributed by atoms with Gasteiger partial charge in [-0.1, -0.05) is 0 Å². The van der Waals surface area contributed by atoms with Crippen LogP contribution in [0.25, 0.3) is 0 Å². The first-order chi connectivity index (χ1) is 7.66. The van der Waals surface area contributed by atoms with Gasteiger partial charge >= 0.3 is 0 Å². The minimum Gasteiger partial charge on any atom is -0.366 e. The largest absolute Gasteiger partial charge is 0.366 e. The van der Waals surface area contributed by atoms with Crippen LogP contribution in [0, 0.1) is 0 Å². The van der Waals surface area contributed by atoms with Gasteiger partial charge in [0, 0.05) is 29.8 Å². The zero-order chi connectivity index (χ0) is 11.5. The van der Waals surface area contributed by atoms with Crippen molar-refractivity contribution in [3.8, 4) is 0 Å². The van der Waals surface area contributed by atoms with Crippen molar-refractivity contribution in [2.75, 3.05) is 31.6 Å². The summed E-state index contributed by atoms with van der Waals surface area (Å²) in [5.74, 6) is 0. The summed E-state index contributed by atoms with van der Waals surface area (Å²) in [6.45, 7) is 5.70. The number of anilines is 1. The third-order valence-corrected chi connectivity index (χ3v) is 3.50. The van der Waals surface area contributed by atoms with E-state index in [1.165, 1.54) is 18.7 Å². The third kappa shape index (κ3) is 2.74. The molecule has 0 aliphatic carbocycles. The summed E-state index contributed by atoms with van der Waals surface area (Å²) in [4.78, 5) is 9.09. The van der Waals surface area contributed by atoms with Crippen molar-refractivity contribution >= 4 is 21.6 Å². The Morgan fingerprint density at radius 3 is 2.94 bits per heavy atom. The molecule has 1 aromatic heterocycles. The van der Waals surface area contributed by atoms with Gasteiger partial charge in [-0.05, 0) is 48.9 Å². The van der Waals surface area contributed by atoms with Crippen molar-refractivity contribution < 1.29 is 0 Å². The minimum atomic E-state index is 0.545. The molecule has 1 aliphatic rings. The van der Waals surface area contributed by atoms with E-state index in [1.807, 2.05) is 12.4 Å². The average molecular weight is 284 g/mol. The maximum atomic E-state index is 4.24. The topological polar surface area (TPSA) is 19.4 Å².